The van der Waals surface area contributed by atoms with Crippen LogP contribution in [-0.4, -0.2) is 37.2 Å². The van der Waals surface area contributed by atoms with E-state index in [2.05, 4.69) is 10.0 Å². The summed E-state index contributed by atoms with van der Waals surface area (Å²) < 4.78 is 32.9. The first-order chi connectivity index (χ1) is 15.8. The SMILES string of the molecule is O=C(CNS(=O)(=O)c1ccc(NCc2ccco2)c([N+](=O)[O-])c1)N1CCc2ccccc2C1. The van der Waals surface area contributed by atoms with Gasteiger partial charge >= 0.3 is 0 Å². The van der Waals surface area contributed by atoms with Crippen molar-refractivity contribution in [3.8, 4) is 0 Å². The predicted molar refractivity (Wildman–Crippen MR) is 120 cm³/mol. The number of anilines is 1. The van der Waals surface area contributed by atoms with E-state index in [4.69, 9.17) is 4.42 Å². The third kappa shape index (κ3) is 5.21. The summed E-state index contributed by atoms with van der Waals surface area (Å²) >= 11 is 0. The lowest BCUT2D eigenvalue weighted by Crippen LogP contribution is -2.42. The van der Waals surface area contributed by atoms with Crippen molar-refractivity contribution >= 4 is 27.3 Å². The van der Waals surface area contributed by atoms with Crippen molar-refractivity contribution in [2.75, 3.05) is 18.4 Å². The number of nitrogens with one attached hydrogen (secondary N) is 2. The van der Waals surface area contributed by atoms with E-state index in [1.54, 1.807) is 17.0 Å². The molecule has 0 fully saturated rings. The maximum Gasteiger partial charge on any atom is 0.293 e. The molecule has 2 aromatic carbocycles. The number of furan rings is 1. The van der Waals surface area contributed by atoms with Crippen molar-refractivity contribution in [1.82, 2.24) is 9.62 Å². The van der Waals surface area contributed by atoms with Gasteiger partial charge in [-0.25, -0.2) is 13.1 Å². The van der Waals surface area contributed by atoms with Crippen molar-refractivity contribution in [3.63, 3.8) is 0 Å². The fourth-order valence-corrected chi connectivity index (χ4v) is 4.63. The van der Waals surface area contributed by atoms with Gasteiger partial charge in [-0.3, -0.25) is 14.9 Å². The zero-order valence-electron chi connectivity index (χ0n) is 17.6. The van der Waals surface area contributed by atoms with Crippen molar-refractivity contribution in [2.45, 2.75) is 24.4 Å². The second-order valence-electron chi connectivity index (χ2n) is 7.53. The van der Waals surface area contributed by atoms with Gasteiger partial charge in [0, 0.05) is 19.2 Å². The highest BCUT2D eigenvalue weighted by molar-refractivity contribution is 7.89. The number of hydrogen-bond donors (Lipinski definition) is 2. The van der Waals surface area contributed by atoms with Crippen LogP contribution in [0.4, 0.5) is 11.4 Å². The van der Waals surface area contributed by atoms with Crippen LogP contribution in [0.3, 0.4) is 0 Å². The Labute approximate surface area is 190 Å². The second-order valence-corrected chi connectivity index (χ2v) is 9.29. The van der Waals surface area contributed by atoms with Gasteiger partial charge in [0.2, 0.25) is 15.9 Å². The highest BCUT2D eigenvalue weighted by Crippen LogP contribution is 2.28. The first-order valence-corrected chi connectivity index (χ1v) is 11.7. The van der Waals surface area contributed by atoms with Crippen LogP contribution in [0.1, 0.15) is 16.9 Å². The maximum absolute atomic E-state index is 12.7. The molecule has 4 rings (SSSR count). The van der Waals surface area contributed by atoms with Gasteiger partial charge in [-0.1, -0.05) is 24.3 Å². The molecule has 1 aliphatic heterocycles. The number of nitrogens with zero attached hydrogens (tertiary/aromatic N) is 2. The van der Waals surface area contributed by atoms with Crippen LogP contribution < -0.4 is 10.0 Å². The van der Waals surface area contributed by atoms with Gasteiger partial charge in [0.25, 0.3) is 5.69 Å². The third-order valence-corrected chi connectivity index (χ3v) is 6.81. The largest absolute Gasteiger partial charge is 0.467 e. The van der Waals surface area contributed by atoms with Crippen LogP contribution in [0.25, 0.3) is 0 Å². The van der Waals surface area contributed by atoms with Crippen LogP contribution in [-0.2, 0) is 34.3 Å². The summed E-state index contributed by atoms with van der Waals surface area (Å²) in [7, 11) is -4.13. The Morgan fingerprint density at radius 2 is 1.91 bits per heavy atom. The molecule has 0 saturated heterocycles. The molecule has 172 valence electrons. The maximum atomic E-state index is 12.7. The summed E-state index contributed by atoms with van der Waals surface area (Å²) in [5.74, 6) is 0.209. The molecular formula is C22H22N4O6S. The van der Waals surface area contributed by atoms with E-state index in [9.17, 15) is 23.3 Å². The Morgan fingerprint density at radius 3 is 2.64 bits per heavy atom. The number of carbonyl (C=O) groups is 1. The van der Waals surface area contributed by atoms with E-state index in [1.165, 1.54) is 24.0 Å². The van der Waals surface area contributed by atoms with Crippen LogP contribution in [0.15, 0.2) is 70.2 Å². The molecule has 1 amide bonds. The molecule has 0 unspecified atom stereocenters. The Hall–Kier alpha value is -3.70. The molecule has 0 aliphatic carbocycles. The topological polar surface area (TPSA) is 135 Å². The molecule has 1 aliphatic rings. The minimum Gasteiger partial charge on any atom is -0.467 e. The molecule has 33 heavy (non-hydrogen) atoms. The van der Waals surface area contributed by atoms with Crippen LogP contribution in [0.2, 0.25) is 0 Å². The molecule has 11 heteroatoms. The zero-order valence-corrected chi connectivity index (χ0v) is 18.4. The normalized spacial score (nSPS) is 13.4. The molecule has 2 heterocycles. The lowest BCUT2D eigenvalue weighted by molar-refractivity contribution is -0.384. The van der Waals surface area contributed by atoms with Gasteiger partial charge in [-0.05, 0) is 41.8 Å². The molecule has 3 aromatic rings. The van der Waals surface area contributed by atoms with E-state index >= 15 is 0 Å². The molecule has 0 bridgehead atoms. The minimum absolute atomic E-state index is 0.151. The molecule has 0 saturated carbocycles. The number of carbonyl (C=O) groups excluding carboxylic acids is 1. The number of benzene rings is 2. The average molecular weight is 471 g/mol. The smallest absolute Gasteiger partial charge is 0.293 e. The highest BCUT2D eigenvalue weighted by Gasteiger charge is 2.25. The van der Waals surface area contributed by atoms with Crippen molar-refractivity contribution in [2.24, 2.45) is 0 Å². The van der Waals surface area contributed by atoms with E-state index in [1.807, 2.05) is 24.3 Å². The summed E-state index contributed by atoms with van der Waals surface area (Å²) in [6, 6.07) is 14.7. The van der Waals surface area contributed by atoms with Crippen LogP contribution in [0.5, 0.6) is 0 Å². The molecule has 1 aromatic heterocycles. The van der Waals surface area contributed by atoms with Crippen molar-refractivity contribution in [3.05, 3.63) is 87.9 Å². The monoisotopic (exact) mass is 470 g/mol. The molecule has 0 spiro atoms. The number of nitro groups is 1. The lowest BCUT2D eigenvalue weighted by atomic mass is 10.00. The standard InChI is InChI=1S/C22H22N4O6S/c27-22(25-10-9-16-4-1-2-5-17(16)15-25)14-24-33(30,31)19-7-8-20(21(12-19)26(28)29)23-13-18-6-3-11-32-18/h1-8,11-12,23-24H,9-10,13-15H2. The number of amides is 1. The Kier molecular flexibility index (Phi) is 6.43. The first kappa shape index (κ1) is 22.5. The van der Waals surface area contributed by atoms with E-state index in [0.717, 1.165) is 11.6 Å². The fourth-order valence-electron chi connectivity index (χ4n) is 3.64. The quantitative estimate of drug-likeness (QED) is 0.382. The van der Waals surface area contributed by atoms with Gasteiger partial charge < -0.3 is 14.6 Å². The molecular weight excluding hydrogens is 448 g/mol. The van der Waals surface area contributed by atoms with Gasteiger partial charge in [0.15, 0.2) is 0 Å². The summed E-state index contributed by atoms with van der Waals surface area (Å²) in [6.45, 7) is 0.680. The second kappa shape index (κ2) is 9.43. The molecule has 10 nitrogen and oxygen atoms in total. The van der Waals surface area contributed by atoms with Gasteiger partial charge in [0.1, 0.15) is 11.4 Å². The Morgan fingerprint density at radius 1 is 1.12 bits per heavy atom. The van der Waals surface area contributed by atoms with E-state index in [0.29, 0.717) is 25.3 Å². The highest BCUT2D eigenvalue weighted by atomic mass is 32.2. The van der Waals surface area contributed by atoms with E-state index in [-0.39, 0.29) is 23.0 Å². The third-order valence-electron chi connectivity index (χ3n) is 5.41. The number of hydrogen-bond acceptors (Lipinski definition) is 7. The minimum atomic E-state index is -4.13. The molecule has 2 N–H and O–H groups in total. The zero-order chi connectivity index (χ0) is 23.4. The number of sulfonamides is 1. The fraction of sp³-hybridized carbons (Fsp3) is 0.227. The number of rotatable bonds is 8. The Bertz CT molecular complexity index is 1270. The van der Waals surface area contributed by atoms with Crippen LogP contribution >= 0.6 is 0 Å². The lowest BCUT2D eigenvalue weighted by Gasteiger charge is -2.29. The van der Waals surface area contributed by atoms with Crippen molar-refractivity contribution in [1.29, 1.82) is 0 Å². The Balaban J connectivity index is 1.42. The summed E-state index contributed by atoms with van der Waals surface area (Å²) in [6.07, 6.45) is 2.18. The van der Waals surface area contributed by atoms with Gasteiger partial charge in [-0.15, -0.1) is 0 Å². The summed E-state index contributed by atoms with van der Waals surface area (Å²) in [5, 5.41) is 14.4. The molecule has 0 atom stereocenters. The number of fused-ring (bicyclic) bond motifs is 1. The molecule has 0 radical (unpaired) electrons. The first-order valence-electron chi connectivity index (χ1n) is 10.2. The van der Waals surface area contributed by atoms with Gasteiger partial charge in [-0.2, -0.15) is 0 Å². The van der Waals surface area contributed by atoms with Crippen LogP contribution in [0, 0.1) is 10.1 Å². The summed E-state index contributed by atoms with van der Waals surface area (Å²) in [4.78, 5) is 24.7. The average Bonchev–Trinajstić information content (AvgIpc) is 3.34. The van der Waals surface area contributed by atoms with E-state index < -0.39 is 27.2 Å². The van der Waals surface area contributed by atoms with Gasteiger partial charge in [0.05, 0.1) is 29.2 Å². The number of nitro benzene ring substituents is 1. The predicted octanol–water partition coefficient (Wildman–Crippen LogP) is 2.66. The van der Waals surface area contributed by atoms with Crippen molar-refractivity contribution < 1.29 is 22.6 Å². The summed E-state index contributed by atoms with van der Waals surface area (Å²) in [5.41, 5.74) is 1.96.